The van der Waals surface area contributed by atoms with Crippen LogP contribution in [0.25, 0.3) is 0 Å². The molecule has 0 aliphatic heterocycles. The second-order valence-corrected chi connectivity index (χ2v) is 2.33. The minimum absolute atomic E-state index is 0.0196. The van der Waals surface area contributed by atoms with Gasteiger partial charge in [-0.2, -0.15) is 0 Å². The fourth-order valence-corrected chi connectivity index (χ4v) is 0.923. The molecule has 2 nitrogen and oxygen atoms in total. The highest BCUT2D eigenvalue weighted by atomic mass is 19.1. The van der Waals surface area contributed by atoms with E-state index in [0.717, 1.165) is 0 Å². The smallest absolute Gasteiger partial charge is 0.139 e. The normalized spacial score (nSPS) is 12.9. The van der Waals surface area contributed by atoms with Crippen molar-refractivity contribution >= 4 is 5.69 Å². The number of anilines is 1. The molecule has 1 aromatic carbocycles. The molecule has 0 saturated heterocycles. The number of nitrogen functional groups attached to an aromatic ring is 1. The quantitative estimate of drug-likeness (QED) is 0.629. The van der Waals surface area contributed by atoms with Crippen molar-refractivity contribution in [3.8, 4) is 0 Å². The first-order chi connectivity index (χ1) is 5.25. The third kappa shape index (κ3) is 1.68. The van der Waals surface area contributed by atoms with Crippen LogP contribution in [0.15, 0.2) is 24.3 Å². The van der Waals surface area contributed by atoms with E-state index in [1.54, 1.807) is 24.3 Å². The molecule has 4 N–H and O–H groups in total. The summed E-state index contributed by atoms with van der Waals surface area (Å²) in [6.07, 6.45) is -1.14. The molecule has 60 valence electrons. The van der Waals surface area contributed by atoms with E-state index < -0.39 is 6.17 Å². The topological polar surface area (TPSA) is 52.0 Å². The predicted molar refractivity (Wildman–Crippen MR) is 43.8 cm³/mol. The molecule has 0 aliphatic rings. The van der Waals surface area contributed by atoms with Crippen LogP contribution >= 0.6 is 0 Å². The van der Waals surface area contributed by atoms with Crippen molar-refractivity contribution in [1.82, 2.24) is 0 Å². The van der Waals surface area contributed by atoms with Crippen molar-refractivity contribution in [2.75, 3.05) is 12.3 Å². The second-order valence-electron chi connectivity index (χ2n) is 2.33. The number of nitrogens with two attached hydrogens (primary N) is 2. The van der Waals surface area contributed by atoms with Gasteiger partial charge in [-0.3, -0.25) is 0 Å². The first-order valence-corrected chi connectivity index (χ1v) is 3.44. The van der Waals surface area contributed by atoms with Crippen LogP contribution in [0.1, 0.15) is 11.7 Å². The van der Waals surface area contributed by atoms with E-state index in [1.807, 2.05) is 0 Å². The van der Waals surface area contributed by atoms with Gasteiger partial charge in [-0.25, -0.2) is 4.39 Å². The lowest BCUT2D eigenvalue weighted by Gasteiger charge is -2.07. The van der Waals surface area contributed by atoms with Gasteiger partial charge in [0.15, 0.2) is 0 Å². The lowest BCUT2D eigenvalue weighted by molar-refractivity contribution is 0.354. The Morgan fingerprint density at radius 2 is 2.00 bits per heavy atom. The summed E-state index contributed by atoms with van der Waals surface area (Å²) < 4.78 is 12.9. The van der Waals surface area contributed by atoms with Gasteiger partial charge < -0.3 is 11.5 Å². The summed E-state index contributed by atoms with van der Waals surface area (Å²) in [4.78, 5) is 0. The molecule has 0 amide bonds. The molecular weight excluding hydrogens is 143 g/mol. The van der Waals surface area contributed by atoms with Crippen molar-refractivity contribution < 1.29 is 4.39 Å². The van der Waals surface area contributed by atoms with Gasteiger partial charge in [0, 0.05) is 17.8 Å². The van der Waals surface area contributed by atoms with Gasteiger partial charge in [0.1, 0.15) is 6.17 Å². The van der Waals surface area contributed by atoms with E-state index in [2.05, 4.69) is 0 Å². The van der Waals surface area contributed by atoms with Gasteiger partial charge >= 0.3 is 0 Å². The Hall–Kier alpha value is -1.09. The maximum atomic E-state index is 12.9. The first kappa shape index (κ1) is 8.01. The number of hydrogen-bond donors (Lipinski definition) is 2. The zero-order valence-electron chi connectivity index (χ0n) is 6.13. The Labute approximate surface area is 65.0 Å². The second kappa shape index (κ2) is 3.34. The highest BCUT2D eigenvalue weighted by Crippen LogP contribution is 2.21. The Morgan fingerprint density at radius 1 is 1.36 bits per heavy atom. The summed E-state index contributed by atoms with van der Waals surface area (Å²) in [6, 6.07) is 6.82. The SMILES string of the molecule is NCC(F)c1ccccc1N. The number of rotatable bonds is 2. The maximum Gasteiger partial charge on any atom is 0.139 e. The van der Waals surface area contributed by atoms with Crippen molar-refractivity contribution in [1.29, 1.82) is 0 Å². The van der Waals surface area contributed by atoms with Gasteiger partial charge in [0.25, 0.3) is 0 Å². The van der Waals surface area contributed by atoms with Crippen molar-refractivity contribution in [2.45, 2.75) is 6.17 Å². The zero-order valence-corrected chi connectivity index (χ0v) is 6.13. The Bertz CT molecular complexity index is 237. The molecule has 1 atom stereocenters. The summed E-state index contributed by atoms with van der Waals surface area (Å²) in [5.74, 6) is 0. The number of alkyl halides is 1. The van der Waals surface area contributed by atoms with E-state index in [1.165, 1.54) is 0 Å². The predicted octanol–water partition coefficient (Wildman–Crippen LogP) is 1.24. The van der Waals surface area contributed by atoms with E-state index in [-0.39, 0.29) is 6.54 Å². The molecule has 0 saturated carbocycles. The monoisotopic (exact) mass is 154 g/mol. The van der Waals surface area contributed by atoms with Gasteiger partial charge in [-0.15, -0.1) is 0 Å². The molecule has 0 aliphatic carbocycles. The molecular formula is C8H11FN2. The Balaban J connectivity index is 2.93. The van der Waals surface area contributed by atoms with E-state index in [4.69, 9.17) is 11.5 Å². The third-order valence-electron chi connectivity index (χ3n) is 1.54. The van der Waals surface area contributed by atoms with Crippen LogP contribution < -0.4 is 11.5 Å². The van der Waals surface area contributed by atoms with Gasteiger partial charge in [0.2, 0.25) is 0 Å². The average molecular weight is 154 g/mol. The largest absolute Gasteiger partial charge is 0.398 e. The molecule has 0 spiro atoms. The third-order valence-corrected chi connectivity index (χ3v) is 1.54. The molecule has 1 rings (SSSR count). The molecule has 1 aromatic rings. The van der Waals surface area contributed by atoms with Crippen LogP contribution in [0.5, 0.6) is 0 Å². The lowest BCUT2D eigenvalue weighted by Crippen LogP contribution is -2.09. The van der Waals surface area contributed by atoms with Crippen molar-refractivity contribution in [3.63, 3.8) is 0 Å². The summed E-state index contributed by atoms with van der Waals surface area (Å²) in [5, 5.41) is 0. The standard InChI is InChI=1S/C8H11FN2/c9-7(5-10)6-3-1-2-4-8(6)11/h1-4,7H,5,10-11H2. The summed E-state index contributed by atoms with van der Waals surface area (Å²) in [6.45, 7) is -0.0196. The minimum Gasteiger partial charge on any atom is -0.398 e. The molecule has 0 aromatic heterocycles. The molecule has 0 fully saturated rings. The van der Waals surface area contributed by atoms with E-state index in [9.17, 15) is 4.39 Å². The fourth-order valence-electron chi connectivity index (χ4n) is 0.923. The Morgan fingerprint density at radius 3 is 2.55 bits per heavy atom. The molecule has 0 bridgehead atoms. The van der Waals surface area contributed by atoms with Crippen LogP contribution in [0.3, 0.4) is 0 Å². The zero-order chi connectivity index (χ0) is 8.27. The van der Waals surface area contributed by atoms with Crippen LogP contribution in [-0.4, -0.2) is 6.54 Å². The van der Waals surface area contributed by atoms with E-state index in [0.29, 0.717) is 11.3 Å². The number of benzene rings is 1. The highest BCUT2D eigenvalue weighted by molar-refractivity contribution is 5.47. The van der Waals surface area contributed by atoms with Gasteiger partial charge in [-0.1, -0.05) is 18.2 Å². The Kier molecular flexibility index (Phi) is 2.44. The highest BCUT2D eigenvalue weighted by Gasteiger charge is 2.08. The average Bonchev–Trinajstić information content (AvgIpc) is 2.04. The minimum atomic E-state index is -1.14. The fraction of sp³-hybridized carbons (Fsp3) is 0.250. The molecule has 0 heterocycles. The summed E-state index contributed by atoms with van der Waals surface area (Å²) >= 11 is 0. The van der Waals surface area contributed by atoms with Gasteiger partial charge in [0.05, 0.1) is 0 Å². The van der Waals surface area contributed by atoms with Crippen molar-refractivity contribution in [3.05, 3.63) is 29.8 Å². The van der Waals surface area contributed by atoms with E-state index >= 15 is 0 Å². The molecule has 11 heavy (non-hydrogen) atoms. The lowest BCUT2D eigenvalue weighted by atomic mass is 10.1. The van der Waals surface area contributed by atoms with Gasteiger partial charge in [-0.05, 0) is 6.07 Å². The molecule has 3 heteroatoms. The van der Waals surface area contributed by atoms with Crippen molar-refractivity contribution in [2.24, 2.45) is 5.73 Å². The number of para-hydroxylation sites is 1. The summed E-state index contributed by atoms with van der Waals surface area (Å²) in [7, 11) is 0. The maximum absolute atomic E-state index is 12.9. The first-order valence-electron chi connectivity index (χ1n) is 3.44. The molecule has 0 radical (unpaired) electrons. The van der Waals surface area contributed by atoms with Crippen LogP contribution in [0.4, 0.5) is 10.1 Å². The van der Waals surface area contributed by atoms with Crippen LogP contribution in [-0.2, 0) is 0 Å². The van der Waals surface area contributed by atoms with Crippen LogP contribution in [0.2, 0.25) is 0 Å². The number of halogens is 1. The molecule has 1 unspecified atom stereocenters. The van der Waals surface area contributed by atoms with Crippen LogP contribution in [0, 0.1) is 0 Å². The summed E-state index contributed by atoms with van der Waals surface area (Å²) in [5.41, 5.74) is 11.6. The number of hydrogen-bond acceptors (Lipinski definition) is 2.